The Morgan fingerprint density at radius 1 is 1.23 bits per heavy atom. The van der Waals surface area contributed by atoms with Crippen LogP contribution in [0.1, 0.15) is 77.0 Å². The molecule has 1 aromatic carbocycles. The molecule has 0 spiro atoms. The molecule has 2 amide bonds. The van der Waals surface area contributed by atoms with Crippen LogP contribution in [-0.4, -0.2) is 29.3 Å². The molecule has 2 atom stereocenters. The number of benzene rings is 1. The highest BCUT2D eigenvalue weighted by molar-refractivity contribution is 5.79. The lowest BCUT2D eigenvalue weighted by Crippen LogP contribution is -2.41. The van der Waals surface area contributed by atoms with E-state index >= 15 is 0 Å². The molecule has 0 aromatic heterocycles. The summed E-state index contributed by atoms with van der Waals surface area (Å²) >= 11 is 0. The minimum atomic E-state index is 0.0392. The van der Waals surface area contributed by atoms with Crippen molar-refractivity contribution in [3.05, 3.63) is 35.4 Å². The molecule has 0 saturated carbocycles. The van der Waals surface area contributed by atoms with Gasteiger partial charge in [-0.15, -0.1) is 0 Å². The smallest absolute Gasteiger partial charge is 0.223 e. The fraction of sp³-hybridized carbons (Fsp3) is 0.636. The van der Waals surface area contributed by atoms with Crippen molar-refractivity contribution in [1.29, 1.82) is 0 Å². The lowest BCUT2D eigenvalue weighted by molar-refractivity contribution is -0.134. The van der Waals surface area contributed by atoms with E-state index in [1.807, 2.05) is 11.0 Å². The summed E-state index contributed by atoms with van der Waals surface area (Å²) in [6, 6.07) is 8.66. The summed E-state index contributed by atoms with van der Waals surface area (Å²) in [5.41, 5.74) is 2.60. The molecule has 0 radical (unpaired) electrons. The van der Waals surface area contributed by atoms with Gasteiger partial charge in [-0.1, -0.05) is 45.0 Å². The highest BCUT2D eigenvalue weighted by Gasteiger charge is 2.23. The van der Waals surface area contributed by atoms with E-state index in [1.165, 1.54) is 11.1 Å². The Morgan fingerprint density at radius 2 is 1.96 bits per heavy atom. The first-order chi connectivity index (χ1) is 12.4. The molecule has 2 unspecified atom stereocenters. The quantitative estimate of drug-likeness (QED) is 0.755. The summed E-state index contributed by atoms with van der Waals surface area (Å²) in [6.45, 7) is 8.76. The fourth-order valence-corrected chi connectivity index (χ4v) is 3.67. The molecule has 1 aliphatic rings. The predicted molar refractivity (Wildman–Crippen MR) is 106 cm³/mol. The van der Waals surface area contributed by atoms with Crippen LogP contribution < -0.4 is 5.32 Å². The van der Waals surface area contributed by atoms with Crippen LogP contribution in [0.2, 0.25) is 0 Å². The van der Waals surface area contributed by atoms with Gasteiger partial charge in [0.15, 0.2) is 0 Å². The van der Waals surface area contributed by atoms with Crippen molar-refractivity contribution in [3.8, 4) is 0 Å². The summed E-state index contributed by atoms with van der Waals surface area (Å²) in [4.78, 5) is 26.9. The van der Waals surface area contributed by atoms with Gasteiger partial charge in [0.1, 0.15) is 0 Å². The monoisotopic (exact) mass is 358 g/mol. The average molecular weight is 359 g/mol. The third kappa shape index (κ3) is 5.58. The molecule has 144 valence electrons. The molecule has 1 N–H and O–H groups in total. The van der Waals surface area contributed by atoms with Gasteiger partial charge in [-0.25, -0.2) is 0 Å². The van der Waals surface area contributed by atoms with Crippen LogP contribution >= 0.6 is 0 Å². The second-order valence-corrected chi connectivity index (χ2v) is 7.90. The molecule has 4 heteroatoms. The summed E-state index contributed by atoms with van der Waals surface area (Å²) in [5.74, 6) is 0.532. The number of nitrogens with zero attached hydrogens (tertiary/aromatic N) is 1. The van der Waals surface area contributed by atoms with E-state index in [9.17, 15) is 9.59 Å². The summed E-state index contributed by atoms with van der Waals surface area (Å²) in [7, 11) is 0. The van der Waals surface area contributed by atoms with Gasteiger partial charge in [0.2, 0.25) is 11.8 Å². The molecule has 0 saturated heterocycles. The zero-order chi connectivity index (χ0) is 19.1. The fourth-order valence-electron chi connectivity index (χ4n) is 3.67. The third-order valence-corrected chi connectivity index (χ3v) is 5.31. The second kappa shape index (κ2) is 9.75. The van der Waals surface area contributed by atoms with E-state index in [-0.39, 0.29) is 23.9 Å². The van der Waals surface area contributed by atoms with Crippen molar-refractivity contribution in [3.63, 3.8) is 0 Å². The summed E-state index contributed by atoms with van der Waals surface area (Å²) < 4.78 is 0. The topological polar surface area (TPSA) is 49.4 Å². The molecule has 0 aliphatic heterocycles. The van der Waals surface area contributed by atoms with Crippen LogP contribution in [0, 0.1) is 5.92 Å². The molecule has 0 heterocycles. The minimum Gasteiger partial charge on any atom is -0.349 e. The zero-order valence-electron chi connectivity index (χ0n) is 16.8. The number of rotatable bonds is 8. The van der Waals surface area contributed by atoms with Crippen LogP contribution in [0.4, 0.5) is 0 Å². The largest absolute Gasteiger partial charge is 0.349 e. The molecule has 26 heavy (non-hydrogen) atoms. The van der Waals surface area contributed by atoms with Gasteiger partial charge in [0, 0.05) is 25.4 Å². The summed E-state index contributed by atoms with van der Waals surface area (Å²) in [5, 5.41) is 3.19. The van der Waals surface area contributed by atoms with Crippen LogP contribution in [0.5, 0.6) is 0 Å². The number of hydrogen-bond donors (Lipinski definition) is 1. The van der Waals surface area contributed by atoms with Crippen LogP contribution in [-0.2, 0) is 16.0 Å². The molecule has 0 bridgehead atoms. The van der Waals surface area contributed by atoms with Gasteiger partial charge in [-0.2, -0.15) is 0 Å². The van der Waals surface area contributed by atoms with Crippen molar-refractivity contribution in [2.75, 3.05) is 6.54 Å². The van der Waals surface area contributed by atoms with Crippen molar-refractivity contribution in [1.82, 2.24) is 10.2 Å². The Labute approximate surface area is 158 Å². The number of fused-ring (bicyclic) bond motifs is 1. The minimum absolute atomic E-state index is 0.0392. The third-order valence-electron chi connectivity index (χ3n) is 5.31. The van der Waals surface area contributed by atoms with E-state index in [4.69, 9.17) is 0 Å². The van der Waals surface area contributed by atoms with Gasteiger partial charge >= 0.3 is 0 Å². The molecule has 1 aromatic rings. The van der Waals surface area contributed by atoms with Gasteiger partial charge in [-0.3, -0.25) is 9.59 Å². The van der Waals surface area contributed by atoms with Crippen LogP contribution in [0.3, 0.4) is 0 Å². The maximum absolute atomic E-state index is 12.5. The number of carbonyl (C=O) groups excluding carboxylic acids is 2. The summed E-state index contributed by atoms with van der Waals surface area (Å²) in [6.07, 6.45) is 5.00. The van der Waals surface area contributed by atoms with Crippen LogP contribution in [0.25, 0.3) is 0 Å². The van der Waals surface area contributed by atoms with Crippen molar-refractivity contribution >= 4 is 11.8 Å². The first-order valence-corrected chi connectivity index (χ1v) is 10.1. The maximum Gasteiger partial charge on any atom is 0.223 e. The van der Waals surface area contributed by atoms with Crippen molar-refractivity contribution in [2.24, 2.45) is 5.92 Å². The SMILES string of the molecule is CCC(C)N(CCC(=O)NC1CCCc2ccccc21)C(=O)CC(C)C. The van der Waals surface area contributed by atoms with Crippen LogP contribution in [0.15, 0.2) is 24.3 Å². The molecule has 0 fully saturated rings. The lowest BCUT2D eigenvalue weighted by atomic mass is 9.87. The normalized spacial score (nSPS) is 17.5. The Balaban J connectivity index is 1.93. The van der Waals surface area contributed by atoms with E-state index in [2.05, 4.69) is 51.2 Å². The number of nitrogens with one attached hydrogen (secondary N) is 1. The predicted octanol–water partition coefficient (Wildman–Crippen LogP) is 4.24. The Morgan fingerprint density at radius 3 is 2.65 bits per heavy atom. The van der Waals surface area contributed by atoms with Gasteiger partial charge in [0.25, 0.3) is 0 Å². The van der Waals surface area contributed by atoms with E-state index in [0.29, 0.717) is 25.3 Å². The Kier molecular flexibility index (Phi) is 7.67. The van der Waals surface area contributed by atoms with Crippen molar-refractivity contribution in [2.45, 2.75) is 78.3 Å². The number of amides is 2. The van der Waals surface area contributed by atoms with E-state index in [1.54, 1.807) is 0 Å². The van der Waals surface area contributed by atoms with E-state index < -0.39 is 0 Å². The van der Waals surface area contributed by atoms with Gasteiger partial charge in [0.05, 0.1) is 6.04 Å². The van der Waals surface area contributed by atoms with Crippen molar-refractivity contribution < 1.29 is 9.59 Å². The number of carbonyl (C=O) groups is 2. The molecular formula is C22H34N2O2. The highest BCUT2D eigenvalue weighted by atomic mass is 16.2. The van der Waals surface area contributed by atoms with Gasteiger partial charge < -0.3 is 10.2 Å². The Hall–Kier alpha value is -1.84. The molecule has 2 rings (SSSR count). The first kappa shape index (κ1) is 20.5. The number of hydrogen-bond acceptors (Lipinski definition) is 2. The standard InChI is InChI=1S/C22H34N2O2/c1-5-17(4)24(22(26)15-16(2)3)14-13-21(25)23-20-12-8-10-18-9-6-7-11-19(18)20/h6-7,9,11,16-17,20H,5,8,10,12-15H2,1-4H3,(H,23,25). The second-order valence-electron chi connectivity index (χ2n) is 7.90. The maximum atomic E-state index is 12.5. The average Bonchev–Trinajstić information content (AvgIpc) is 2.61. The number of aryl methyl sites for hydroxylation is 1. The highest BCUT2D eigenvalue weighted by Crippen LogP contribution is 2.29. The van der Waals surface area contributed by atoms with Gasteiger partial charge in [-0.05, 0) is 49.7 Å². The lowest BCUT2D eigenvalue weighted by Gasteiger charge is -2.30. The Bertz CT molecular complexity index is 612. The zero-order valence-corrected chi connectivity index (χ0v) is 16.8. The molecule has 1 aliphatic carbocycles. The molecular weight excluding hydrogens is 324 g/mol. The first-order valence-electron chi connectivity index (χ1n) is 10.1. The molecule has 4 nitrogen and oxygen atoms in total. The van der Waals surface area contributed by atoms with E-state index in [0.717, 1.165) is 25.7 Å².